The quantitative estimate of drug-likeness (QED) is 0.706. The highest BCUT2D eigenvalue weighted by Crippen LogP contribution is 2.29. The van der Waals surface area contributed by atoms with Crippen LogP contribution in [0.1, 0.15) is 36.8 Å². The third-order valence-electron chi connectivity index (χ3n) is 2.54. The molecule has 0 aliphatic heterocycles. The molecule has 1 aliphatic carbocycles. The van der Waals surface area contributed by atoms with Crippen molar-refractivity contribution in [2.24, 2.45) is 0 Å². The van der Waals surface area contributed by atoms with Crippen LogP contribution >= 0.6 is 0 Å². The van der Waals surface area contributed by atoms with E-state index < -0.39 is 0 Å². The smallest absolute Gasteiger partial charge is 0.0222 e. The number of H-pyrrole nitrogens is 1. The SMILES string of the molecule is CC(C)c1c[nH]cc1C1C=CC=C1. The van der Waals surface area contributed by atoms with E-state index in [1.807, 2.05) is 0 Å². The molecular formula is C12H15N. The lowest BCUT2D eigenvalue weighted by molar-refractivity contribution is 0.846. The fraction of sp³-hybridized carbons (Fsp3) is 0.333. The van der Waals surface area contributed by atoms with Gasteiger partial charge in [0, 0.05) is 18.3 Å². The summed E-state index contributed by atoms with van der Waals surface area (Å²) in [5, 5.41) is 0. The van der Waals surface area contributed by atoms with Crippen LogP contribution in [0.3, 0.4) is 0 Å². The zero-order chi connectivity index (χ0) is 9.26. The minimum absolute atomic E-state index is 0.489. The van der Waals surface area contributed by atoms with E-state index in [1.54, 1.807) is 0 Å². The minimum Gasteiger partial charge on any atom is -0.367 e. The lowest BCUT2D eigenvalue weighted by Crippen LogP contribution is -1.94. The molecule has 1 nitrogen and oxygen atoms in total. The van der Waals surface area contributed by atoms with Gasteiger partial charge in [-0.05, 0) is 17.0 Å². The van der Waals surface area contributed by atoms with Crippen molar-refractivity contribution in [1.29, 1.82) is 0 Å². The molecule has 0 amide bonds. The molecule has 0 radical (unpaired) electrons. The lowest BCUT2D eigenvalue weighted by Gasteiger charge is -2.09. The summed E-state index contributed by atoms with van der Waals surface area (Å²) in [6, 6.07) is 0. The van der Waals surface area contributed by atoms with Crippen LogP contribution in [0.2, 0.25) is 0 Å². The predicted molar refractivity (Wildman–Crippen MR) is 55.9 cm³/mol. The van der Waals surface area contributed by atoms with Gasteiger partial charge >= 0.3 is 0 Å². The molecule has 0 unspecified atom stereocenters. The van der Waals surface area contributed by atoms with Gasteiger partial charge in [-0.3, -0.25) is 0 Å². The van der Waals surface area contributed by atoms with Crippen molar-refractivity contribution in [3.8, 4) is 0 Å². The number of nitrogens with one attached hydrogen (secondary N) is 1. The van der Waals surface area contributed by atoms with Crippen molar-refractivity contribution in [3.05, 3.63) is 47.8 Å². The molecule has 1 heteroatoms. The van der Waals surface area contributed by atoms with Crippen LogP contribution in [0.4, 0.5) is 0 Å². The summed E-state index contributed by atoms with van der Waals surface area (Å²) in [7, 11) is 0. The van der Waals surface area contributed by atoms with Crippen LogP contribution in [-0.4, -0.2) is 4.98 Å². The maximum atomic E-state index is 3.19. The van der Waals surface area contributed by atoms with Gasteiger partial charge < -0.3 is 4.98 Å². The predicted octanol–water partition coefficient (Wildman–Crippen LogP) is 3.35. The highest BCUT2D eigenvalue weighted by atomic mass is 14.6. The standard InChI is InChI=1S/C12H15N/c1-9(2)11-7-13-8-12(11)10-5-3-4-6-10/h3-10,13H,1-2H3. The average Bonchev–Trinajstić information content (AvgIpc) is 2.74. The van der Waals surface area contributed by atoms with E-state index in [1.165, 1.54) is 11.1 Å². The molecule has 1 aromatic heterocycles. The molecule has 1 aromatic rings. The first-order valence-corrected chi connectivity index (χ1v) is 4.80. The van der Waals surface area contributed by atoms with Crippen LogP contribution < -0.4 is 0 Å². The summed E-state index contributed by atoms with van der Waals surface area (Å²) < 4.78 is 0. The molecule has 68 valence electrons. The summed E-state index contributed by atoms with van der Waals surface area (Å²) in [4.78, 5) is 3.19. The third kappa shape index (κ3) is 1.46. The largest absolute Gasteiger partial charge is 0.367 e. The van der Waals surface area contributed by atoms with Gasteiger partial charge in [-0.2, -0.15) is 0 Å². The average molecular weight is 173 g/mol. The van der Waals surface area contributed by atoms with Gasteiger partial charge in [0.15, 0.2) is 0 Å². The Morgan fingerprint density at radius 3 is 2.46 bits per heavy atom. The Balaban J connectivity index is 2.34. The topological polar surface area (TPSA) is 15.8 Å². The molecule has 1 aliphatic rings. The summed E-state index contributed by atoms with van der Waals surface area (Å²) >= 11 is 0. The van der Waals surface area contributed by atoms with Crippen molar-refractivity contribution in [3.63, 3.8) is 0 Å². The van der Waals surface area contributed by atoms with E-state index in [-0.39, 0.29) is 0 Å². The van der Waals surface area contributed by atoms with Gasteiger partial charge in [-0.1, -0.05) is 38.2 Å². The molecule has 0 saturated heterocycles. The molecule has 1 N–H and O–H groups in total. The molecule has 0 fully saturated rings. The molecule has 1 heterocycles. The summed E-state index contributed by atoms with van der Waals surface area (Å²) in [5.74, 6) is 1.09. The maximum absolute atomic E-state index is 3.19. The van der Waals surface area contributed by atoms with Crippen LogP contribution in [0.15, 0.2) is 36.7 Å². The number of aromatic amines is 1. The molecule has 0 bridgehead atoms. The third-order valence-corrected chi connectivity index (χ3v) is 2.54. The minimum atomic E-state index is 0.489. The van der Waals surface area contributed by atoms with Gasteiger partial charge in [0.2, 0.25) is 0 Å². The molecule has 2 rings (SSSR count). The molecule has 0 spiro atoms. The number of allylic oxidation sites excluding steroid dienone is 4. The maximum Gasteiger partial charge on any atom is 0.0222 e. The van der Waals surface area contributed by atoms with E-state index in [0.29, 0.717) is 11.8 Å². The molecule has 0 aromatic carbocycles. The first-order chi connectivity index (χ1) is 6.29. The van der Waals surface area contributed by atoms with Gasteiger partial charge in [-0.15, -0.1) is 0 Å². The van der Waals surface area contributed by atoms with Gasteiger partial charge in [0.05, 0.1) is 0 Å². The van der Waals surface area contributed by atoms with Crippen molar-refractivity contribution >= 4 is 0 Å². The summed E-state index contributed by atoms with van der Waals surface area (Å²) in [6.45, 7) is 4.46. The zero-order valence-corrected chi connectivity index (χ0v) is 8.12. The Kier molecular flexibility index (Phi) is 2.09. The Morgan fingerprint density at radius 2 is 1.85 bits per heavy atom. The second-order valence-corrected chi connectivity index (χ2v) is 3.82. The van der Waals surface area contributed by atoms with Gasteiger partial charge in [-0.25, -0.2) is 0 Å². The molecule has 0 atom stereocenters. The number of hydrogen-bond acceptors (Lipinski definition) is 0. The Labute approximate surface area is 79.2 Å². The lowest BCUT2D eigenvalue weighted by atomic mass is 9.94. The van der Waals surface area contributed by atoms with Crippen molar-refractivity contribution in [2.75, 3.05) is 0 Å². The van der Waals surface area contributed by atoms with E-state index in [0.717, 1.165) is 0 Å². The Bertz CT molecular complexity index is 330. The van der Waals surface area contributed by atoms with Crippen molar-refractivity contribution in [1.82, 2.24) is 4.98 Å². The van der Waals surface area contributed by atoms with E-state index in [2.05, 4.69) is 55.5 Å². The highest BCUT2D eigenvalue weighted by Gasteiger charge is 2.14. The van der Waals surface area contributed by atoms with Crippen LogP contribution in [-0.2, 0) is 0 Å². The van der Waals surface area contributed by atoms with Gasteiger partial charge in [0.1, 0.15) is 0 Å². The van der Waals surface area contributed by atoms with Crippen molar-refractivity contribution in [2.45, 2.75) is 25.7 Å². The van der Waals surface area contributed by atoms with Crippen LogP contribution in [0, 0.1) is 0 Å². The number of rotatable bonds is 2. The van der Waals surface area contributed by atoms with E-state index >= 15 is 0 Å². The Morgan fingerprint density at radius 1 is 1.15 bits per heavy atom. The van der Waals surface area contributed by atoms with E-state index in [9.17, 15) is 0 Å². The Hall–Kier alpha value is -1.24. The van der Waals surface area contributed by atoms with Crippen molar-refractivity contribution < 1.29 is 0 Å². The van der Waals surface area contributed by atoms with Gasteiger partial charge in [0.25, 0.3) is 0 Å². The monoisotopic (exact) mass is 173 g/mol. The normalized spacial score (nSPS) is 16.2. The van der Waals surface area contributed by atoms with Crippen LogP contribution in [0.25, 0.3) is 0 Å². The zero-order valence-electron chi connectivity index (χ0n) is 8.12. The second kappa shape index (κ2) is 3.25. The number of aromatic nitrogens is 1. The summed E-state index contributed by atoms with van der Waals surface area (Å²) in [6.07, 6.45) is 12.9. The van der Waals surface area contributed by atoms with E-state index in [4.69, 9.17) is 0 Å². The van der Waals surface area contributed by atoms with Crippen LogP contribution in [0.5, 0.6) is 0 Å². The molecule has 13 heavy (non-hydrogen) atoms. The fourth-order valence-corrected chi connectivity index (χ4v) is 1.82. The number of hydrogen-bond donors (Lipinski definition) is 1. The molecular weight excluding hydrogens is 158 g/mol. The molecule has 0 saturated carbocycles. The first kappa shape index (κ1) is 8.36. The summed E-state index contributed by atoms with van der Waals surface area (Å²) in [5.41, 5.74) is 2.85. The second-order valence-electron chi connectivity index (χ2n) is 3.82. The fourth-order valence-electron chi connectivity index (χ4n) is 1.82. The first-order valence-electron chi connectivity index (χ1n) is 4.80. The highest BCUT2D eigenvalue weighted by molar-refractivity contribution is 5.39.